The largest absolute Gasteiger partial charge is 0.388 e. The topological polar surface area (TPSA) is 61.4 Å². The van der Waals surface area contributed by atoms with Crippen molar-refractivity contribution in [2.45, 2.75) is 51.7 Å². The first kappa shape index (κ1) is 13.5. The summed E-state index contributed by atoms with van der Waals surface area (Å²) in [5.74, 6) is 0.186. The van der Waals surface area contributed by atoms with Gasteiger partial charge in [0, 0.05) is 18.5 Å². The smallest absolute Gasteiger partial charge is 0.223 e. The van der Waals surface area contributed by atoms with Gasteiger partial charge in [-0.05, 0) is 39.7 Å². The minimum atomic E-state index is -0.784. The number of carbonyl (C=O) groups is 1. The van der Waals surface area contributed by atoms with Crippen LogP contribution in [0.3, 0.4) is 0 Å². The summed E-state index contributed by atoms with van der Waals surface area (Å²) in [6.07, 6.45) is 2.43. The number of nitrogens with one attached hydrogen (secondary N) is 2. The van der Waals surface area contributed by atoms with Crippen LogP contribution in [-0.2, 0) is 4.79 Å². The van der Waals surface area contributed by atoms with Gasteiger partial charge in [0.2, 0.25) is 5.91 Å². The van der Waals surface area contributed by atoms with Crippen molar-refractivity contribution in [1.82, 2.24) is 10.6 Å². The molecule has 0 aliphatic carbocycles. The van der Waals surface area contributed by atoms with Gasteiger partial charge in [0.25, 0.3) is 0 Å². The number of hydrogen-bond donors (Lipinski definition) is 3. The summed E-state index contributed by atoms with van der Waals surface area (Å²) in [5, 5.41) is 16.0. The van der Waals surface area contributed by atoms with E-state index in [0.29, 0.717) is 19.0 Å². The molecule has 1 aliphatic rings. The van der Waals surface area contributed by atoms with Gasteiger partial charge in [-0.15, -0.1) is 0 Å². The second-order valence-electron chi connectivity index (χ2n) is 5.14. The van der Waals surface area contributed by atoms with Crippen molar-refractivity contribution in [1.29, 1.82) is 0 Å². The molecule has 0 bridgehead atoms. The van der Waals surface area contributed by atoms with Crippen LogP contribution in [0.25, 0.3) is 0 Å². The Morgan fingerprint density at radius 1 is 1.62 bits per heavy atom. The molecule has 0 aromatic carbocycles. The molecule has 4 heteroatoms. The van der Waals surface area contributed by atoms with Gasteiger partial charge >= 0.3 is 0 Å². The van der Waals surface area contributed by atoms with Gasteiger partial charge in [0.1, 0.15) is 0 Å². The third-order valence-corrected chi connectivity index (χ3v) is 3.40. The average molecular weight is 228 g/mol. The molecule has 1 saturated heterocycles. The molecule has 0 aromatic heterocycles. The highest BCUT2D eigenvalue weighted by molar-refractivity contribution is 5.78. The molecule has 3 atom stereocenters. The molecule has 4 nitrogen and oxygen atoms in total. The lowest BCUT2D eigenvalue weighted by Crippen LogP contribution is -2.46. The fraction of sp³-hybridized carbons (Fsp3) is 0.917. The van der Waals surface area contributed by atoms with Crippen molar-refractivity contribution in [2.75, 3.05) is 13.1 Å². The monoisotopic (exact) mass is 228 g/mol. The normalized spacial score (nSPS) is 29.5. The SMILES string of the molecule is CCC(C)(O)CNC(=O)C1CCNC(C)C1. The molecule has 0 spiro atoms. The van der Waals surface area contributed by atoms with Gasteiger partial charge in [-0.2, -0.15) is 0 Å². The first-order valence-corrected chi connectivity index (χ1v) is 6.18. The Morgan fingerprint density at radius 3 is 2.88 bits per heavy atom. The molecule has 3 unspecified atom stereocenters. The zero-order chi connectivity index (χ0) is 12.2. The summed E-state index contributed by atoms with van der Waals surface area (Å²) < 4.78 is 0. The summed E-state index contributed by atoms with van der Waals surface area (Å²) in [6, 6.07) is 0.413. The second kappa shape index (κ2) is 5.64. The molecule has 0 radical (unpaired) electrons. The number of piperidine rings is 1. The first-order chi connectivity index (χ1) is 7.44. The molecule has 94 valence electrons. The van der Waals surface area contributed by atoms with E-state index in [0.717, 1.165) is 19.4 Å². The Labute approximate surface area is 97.8 Å². The number of hydrogen-bond acceptors (Lipinski definition) is 3. The van der Waals surface area contributed by atoms with Crippen molar-refractivity contribution in [3.8, 4) is 0 Å². The molecule has 0 aromatic rings. The van der Waals surface area contributed by atoms with E-state index in [9.17, 15) is 9.90 Å². The lowest BCUT2D eigenvalue weighted by molar-refractivity contribution is -0.127. The van der Waals surface area contributed by atoms with Gasteiger partial charge in [0.05, 0.1) is 5.60 Å². The zero-order valence-corrected chi connectivity index (χ0v) is 10.5. The lowest BCUT2D eigenvalue weighted by atomic mass is 9.92. The van der Waals surface area contributed by atoms with E-state index >= 15 is 0 Å². The number of aliphatic hydroxyl groups is 1. The second-order valence-corrected chi connectivity index (χ2v) is 5.14. The predicted molar refractivity (Wildman–Crippen MR) is 64.1 cm³/mol. The first-order valence-electron chi connectivity index (χ1n) is 6.18. The fourth-order valence-electron chi connectivity index (χ4n) is 1.92. The van der Waals surface area contributed by atoms with Gasteiger partial charge in [-0.3, -0.25) is 4.79 Å². The third-order valence-electron chi connectivity index (χ3n) is 3.40. The molecule has 1 heterocycles. The Morgan fingerprint density at radius 2 is 2.31 bits per heavy atom. The van der Waals surface area contributed by atoms with Gasteiger partial charge in [-0.1, -0.05) is 6.92 Å². The van der Waals surface area contributed by atoms with Gasteiger partial charge in [0.15, 0.2) is 0 Å². The van der Waals surface area contributed by atoms with E-state index in [1.54, 1.807) is 6.92 Å². The van der Waals surface area contributed by atoms with E-state index in [-0.39, 0.29) is 11.8 Å². The number of carbonyl (C=O) groups excluding carboxylic acids is 1. The quantitative estimate of drug-likeness (QED) is 0.662. The van der Waals surface area contributed by atoms with Crippen molar-refractivity contribution in [3.05, 3.63) is 0 Å². The summed E-state index contributed by atoms with van der Waals surface area (Å²) in [5.41, 5.74) is -0.784. The Balaban J connectivity index is 2.34. The summed E-state index contributed by atoms with van der Waals surface area (Å²) >= 11 is 0. The molecule has 1 fully saturated rings. The third kappa shape index (κ3) is 4.10. The van der Waals surface area contributed by atoms with E-state index in [1.165, 1.54) is 0 Å². The lowest BCUT2D eigenvalue weighted by Gasteiger charge is -2.28. The Kier molecular flexibility index (Phi) is 4.74. The maximum atomic E-state index is 11.9. The number of rotatable bonds is 4. The van der Waals surface area contributed by atoms with E-state index in [4.69, 9.17) is 0 Å². The average Bonchev–Trinajstić information content (AvgIpc) is 2.26. The minimum Gasteiger partial charge on any atom is -0.388 e. The van der Waals surface area contributed by atoms with E-state index in [2.05, 4.69) is 17.6 Å². The highest BCUT2D eigenvalue weighted by Gasteiger charge is 2.26. The molecule has 16 heavy (non-hydrogen) atoms. The molecular formula is C12H24N2O2. The zero-order valence-electron chi connectivity index (χ0n) is 10.5. The maximum Gasteiger partial charge on any atom is 0.223 e. The van der Waals surface area contributed by atoms with E-state index < -0.39 is 5.60 Å². The van der Waals surface area contributed by atoms with Crippen LogP contribution in [0.2, 0.25) is 0 Å². The van der Waals surface area contributed by atoms with Gasteiger partial charge in [-0.25, -0.2) is 0 Å². The molecular weight excluding hydrogens is 204 g/mol. The highest BCUT2D eigenvalue weighted by Crippen LogP contribution is 2.16. The standard InChI is InChI=1S/C12H24N2O2/c1-4-12(3,16)8-14-11(15)10-5-6-13-9(2)7-10/h9-10,13,16H,4-8H2,1-3H3,(H,14,15). The maximum absolute atomic E-state index is 11.9. The molecule has 1 amide bonds. The summed E-state index contributed by atoms with van der Waals surface area (Å²) in [6.45, 7) is 7.02. The van der Waals surface area contributed by atoms with Crippen LogP contribution < -0.4 is 10.6 Å². The van der Waals surface area contributed by atoms with Crippen LogP contribution in [-0.4, -0.2) is 35.7 Å². The fourth-order valence-corrected chi connectivity index (χ4v) is 1.92. The highest BCUT2D eigenvalue weighted by atomic mass is 16.3. The van der Waals surface area contributed by atoms with Crippen LogP contribution in [0.5, 0.6) is 0 Å². The van der Waals surface area contributed by atoms with Crippen LogP contribution >= 0.6 is 0 Å². The number of amides is 1. The van der Waals surface area contributed by atoms with Gasteiger partial charge < -0.3 is 15.7 Å². The van der Waals surface area contributed by atoms with Crippen LogP contribution in [0, 0.1) is 5.92 Å². The van der Waals surface area contributed by atoms with E-state index in [1.807, 2.05) is 6.92 Å². The Hall–Kier alpha value is -0.610. The minimum absolute atomic E-state index is 0.0853. The molecule has 1 aliphatic heterocycles. The van der Waals surface area contributed by atoms with Crippen molar-refractivity contribution < 1.29 is 9.90 Å². The van der Waals surface area contributed by atoms with Crippen LogP contribution in [0.15, 0.2) is 0 Å². The molecule has 0 saturated carbocycles. The van der Waals surface area contributed by atoms with Crippen molar-refractivity contribution in [2.24, 2.45) is 5.92 Å². The summed E-state index contributed by atoms with van der Waals surface area (Å²) in [4.78, 5) is 11.9. The van der Waals surface area contributed by atoms with Crippen LogP contribution in [0.4, 0.5) is 0 Å². The molecule has 1 rings (SSSR count). The van der Waals surface area contributed by atoms with Crippen molar-refractivity contribution >= 4 is 5.91 Å². The Bertz CT molecular complexity index is 241. The van der Waals surface area contributed by atoms with Crippen molar-refractivity contribution in [3.63, 3.8) is 0 Å². The summed E-state index contributed by atoms with van der Waals surface area (Å²) in [7, 11) is 0. The predicted octanol–water partition coefficient (Wildman–Crippen LogP) is 0.652. The van der Waals surface area contributed by atoms with Crippen LogP contribution in [0.1, 0.15) is 40.0 Å². The molecule has 3 N–H and O–H groups in total.